The van der Waals surface area contributed by atoms with Crippen molar-refractivity contribution in [2.24, 2.45) is 10.2 Å². The number of rotatable bonds is 8. The predicted octanol–water partition coefficient (Wildman–Crippen LogP) is 4.34. The molecule has 0 fully saturated rings. The fourth-order valence-electron chi connectivity index (χ4n) is 3.12. The molecule has 0 atom stereocenters. The van der Waals surface area contributed by atoms with E-state index in [4.69, 9.17) is 0 Å². The maximum absolute atomic E-state index is 11.1. The summed E-state index contributed by atoms with van der Waals surface area (Å²) in [7, 11) is 0. The predicted molar refractivity (Wildman–Crippen MR) is 128 cm³/mol. The Hall–Kier alpha value is -5.26. The Bertz CT molecular complexity index is 1330. The molecule has 0 saturated carbocycles. The van der Waals surface area contributed by atoms with Crippen LogP contribution in [0.4, 0.5) is 23.0 Å². The molecule has 3 aromatic carbocycles. The van der Waals surface area contributed by atoms with Gasteiger partial charge in [0.05, 0.1) is 33.4 Å². The molecule has 0 bridgehead atoms. The van der Waals surface area contributed by atoms with E-state index in [-0.39, 0.29) is 11.4 Å². The van der Waals surface area contributed by atoms with Crippen molar-refractivity contribution in [2.75, 3.05) is 10.9 Å². The third kappa shape index (κ3) is 4.80. The number of hydrogen-bond acceptors (Lipinski definition) is 10. The molecule has 0 aliphatic carbocycles. The van der Waals surface area contributed by atoms with Gasteiger partial charge in [0.15, 0.2) is 11.6 Å². The highest BCUT2D eigenvalue weighted by molar-refractivity contribution is 5.99. The monoisotopic (exact) mass is 456 g/mol. The fourth-order valence-corrected chi connectivity index (χ4v) is 3.12. The number of aromatic nitrogens is 2. The quantitative estimate of drug-likeness (QED) is 0.225. The first-order valence-corrected chi connectivity index (χ1v) is 9.85. The van der Waals surface area contributed by atoms with Crippen LogP contribution in [0.1, 0.15) is 11.1 Å². The third-order valence-electron chi connectivity index (χ3n) is 4.70. The lowest BCUT2D eigenvalue weighted by Crippen LogP contribution is -2.02. The summed E-state index contributed by atoms with van der Waals surface area (Å²) in [6.45, 7) is 0. The van der Waals surface area contributed by atoms with E-state index in [0.717, 1.165) is 0 Å². The minimum Gasteiger partial charge on any atom is -0.259 e. The van der Waals surface area contributed by atoms with E-state index in [0.29, 0.717) is 33.5 Å². The van der Waals surface area contributed by atoms with E-state index >= 15 is 0 Å². The molecule has 0 saturated heterocycles. The minimum atomic E-state index is -0.485. The number of nitro groups is 2. The molecule has 12 heteroatoms. The van der Waals surface area contributed by atoms with Gasteiger partial charge in [-0.2, -0.15) is 10.2 Å². The molecule has 0 unspecified atom stereocenters. The van der Waals surface area contributed by atoms with Gasteiger partial charge in [0.25, 0.3) is 11.4 Å². The van der Waals surface area contributed by atoms with Crippen molar-refractivity contribution in [1.82, 2.24) is 10.2 Å². The van der Waals surface area contributed by atoms with Crippen LogP contribution in [0.2, 0.25) is 0 Å². The summed E-state index contributed by atoms with van der Waals surface area (Å²) in [5.74, 6) is 0.664. The van der Waals surface area contributed by atoms with Crippen LogP contribution in [0, 0.1) is 20.2 Å². The van der Waals surface area contributed by atoms with Gasteiger partial charge in [-0.15, -0.1) is 10.2 Å². The Labute approximate surface area is 192 Å². The maximum atomic E-state index is 11.1. The van der Waals surface area contributed by atoms with E-state index in [1.54, 1.807) is 60.7 Å². The smallest absolute Gasteiger partial charge is 0.259 e. The standard InChI is InChI=1S/C22H16N8O4/c31-29(32)19-11-5-1-7-15(19)13-23-25-21-17-9-3-4-10-18(17)22(28-27-21)26-24-14-16-8-2-6-12-20(16)30(33)34/h1-14H,(H,25,27)(H,26,28). The highest BCUT2D eigenvalue weighted by atomic mass is 16.6. The van der Waals surface area contributed by atoms with Crippen molar-refractivity contribution < 1.29 is 9.85 Å². The Morgan fingerprint density at radius 2 is 1.03 bits per heavy atom. The van der Waals surface area contributed by atoms with Crippen LogP contribution in [0.5, 0.6) is 0 Å². The van der Waals surface area contributed by atoms with Crippen molar-refractivity contribution in [3.8, 4) is 0 Å². The number of para-hydroxylation sites is 2. The summed E-state index contributed by atoms with van der Waals surface area (Å²) in [6, 6.07) is 19.6. The number of benzene rings is 3. The molecule has 0 amide bonds. The van der Waals surface area contributed by atoms with Crippen LogP contribution in [0.3, 0.4) is 0 Å². The zero-order valence-corrected chi connectivity index (χ0v) is 17.4. The molecular weight excluding hydrogens is 440 g/mol. The van der Waals surface area contributed by atoms with Crippen LogP contribution in [-0.4, -0.2) is 32.5 Å². The molecule has 34 heavy (non-hydrogen) atoms. The number of fused-ring (bicyclic) bond motifs is 1. The number of hydrogen-bond donors (Lipinski definition) is 2. The van der Waals surface area contributed by atoms with Gasteiger partial charge in [-0.1, -0.05) is 48.5 Å². The second-order valence-corrected chi connectivity index (χ2v) is 6.81. The second kappa shape index (κ2) is 9.91. The van der Waals surface area contributed by atoms with Gasteiger partial charge in [0.1, 0.15) is 0 Å². The lowest BCUT2D eigenvalue weighted by molar-refractivity contribution is -0.385. The molecule has 12 nitrogen and oxygen atoms in total. The van der Waals surface area contributed by atoms with Gasteiger partial charge in [-0.3, -0.25) is 31.1 Å². The summed E-state index contributed by atoms with van der Waals surface area (Å²) in [6.07, 6.45) is 2.66. The molecule has 1 aromatic heterocycles. The minimum absolute atomic E-state index is 0.0694. The van der Waals surface area contributed by atoms with Gasteiger partial charge in [-0.05, 0) is 12.1 Å². The highest BCUT2D eigenvalue weighted by Gasteiger charge is 2.12. The normalized spacial score (nSPS) is 11.2. The van der Waals surface area contributed by atoms with Gasteiger partial charge in [-0.25, -0.2) is 0 Å². The Kier molecular flexibility index (Phi) is 6.40. The zero-order valence-electron chi connectivity index (χ0n) is 17.4. The molecule has 4 rings (SSSR count). The van der Waals surface area contributed by atoms with Gasteiger partial charge >= 0.3 is 0 Å². The number of anilines is 2. The summed E-state index contributed by atoms with van der Waals surface area (Å²) < 4.78 is 0. The van der Waals surface area contributed by atoms with Gasteiger partial charge in [0, 0.05) is 22.9 Å². The third-order valence-corrected chi connectivity index (χ3v) is 4.70. The Morgan fingerprint density at radius 1 is 0.647 bits per heavy atom. The Balaban J connectivity index is 1.56. The second-order valence-electron chi connectivity index (χ2n) is 6.81. The van der Waals surface area contributed by atoms with Crippen molar-refractivity contribution in [3.05, 3.63) is 104 Å². The van der Waals surface area contributed by atoms with Crippen LogP contribution < -0.4 is 10.9 Å². The van der Waals surface area contributed by atoms with E-state index in [2.05, 4.69) is 31.3 Å². The highest BCUT2D eigenvalue weighted by Crippen LogP contribution is 2.26. The lowest BCUT2D eigenvalue weighted by Gasteiger charge is -2.08. The average Bonchev–Trinajstić information content (AvgIpc) is 2.85. The molecule has 0 aliphatic heterocycles. The van der Waals surface area contributed by atoms with E-state index in [9.17, 15) is 20.2 Å². The summed E-state index contributed by atoms with van der Waals surface area (Å²) in [4.78, 5) is 21.3. The van der Waals surface area contributed by atoms with Crippen LogP contribution >= 0.6 is 0 Å². The molecular formula is C22H16N8O4. The Morgan fingerprint density at radius 3 is 1.44 bits per heavy atom. The van der Waals surface area contributed by atoms with Crippen LogP contribution in [0.25, 0.3) is 10.8 Å². The first-order valence-electron chi connectivity index (χ1n) is 9.85. The van der Waals surface area contributed by atoms with E-state index in [1.165, 1.54) is 24.6 Å². The first-order chi connectivity index (χ1) is 16.5. The summed E-state index contributed by atoms with van der Waals surface area (Å²) in [5.41, 5.74) is 6.05. The molecule has 0 spiro atoms. The first kappa shape index (κ1) is 22.0. The fraction of sp³-hybridized carbons (Fsp3) is 0. The van der Waals surface area contributed by atoms with E-state index in [1.807, 2.05) is 0 Å². The van der Waals surface area contributed by atoms with Crippen molar-refractivity contribution in [2.45, 2.75) is 0 Å². The average molecular weight is 456 g/mol. The number of nitro benzene ring substituents is 2. The van der Waals surface area contributed by atoms with E-state index < -0.39 is 9.85 Å². The molecule has 1 heterocycles. The number of nitrogens with zero attached hydrogens (tertiary/aromatic N) is 6. The number of nitrogens with one attached hydrogen (secondary N) is 2. The summed E-state index contributed by atoms with van der Waals surface area (Å²) in [5, 5.41) is 40.0. The van der Waals surface area contributed by atoms with Crippen molar-refractivity contribution in [1.29, 1.82) is 0 Å². The molecule has 0 radical (unpaired) electrons. The van der Waals surface area contributed by atoms with Crippen molar-refractivity contribution in [3.63, 3.8) is 0 Å². The zero-order chi connectivity index (χ0) is 23.9. The SMILES string of the molecule is O=[N+]([O-])c1ccccc1C=NNc1nnc(NN=Cc2ccccc2[N+](=O)[O-])c2ccccc12. The van der Waals surface area contributed by atoms with Crippen LogP contribution in [0.15, 0.2) is 83.0 Å². The van der Waals surface area contributed by atoms with Gasteiger partial charge < -0.3 is 0 Å². The topological polar surface area (TPSA) is 161 Å². The molecule has 2 N–H and O–H groups in total. The summed E-state index contributed by atoms with van der Waals surface area (Å²) >= 11 is 0. The molecule has 168 valence electrons. The lowest BCUT2D eigenvalue weighted by atomic mass is 10.2. The largest absolute Gasteiger partial charge is 0.278 e. The van der Waals surface area contributed by atoms with Crippen molar-refractivity contribution >= 4 is 46.2 Å². The van der Waals surface area contributed by atoms with Crippen LogP contribution in [-0.2, 0) is 0 Å². The van der Waals surface area contributed by atoms with Gasteiger partial charge in [0.2, 0.25) is 0 Å². The maximum Gasteiger partial charge on any atom is 0.278 e. The molecule has 4 aromatic rings. The molecule has 0 aliphatic rings. The number of hydrazone groups is 2.